The Bertz CT molecular complexity index is 276. The van der Waals surface area contributed by atoms with Gasteiger partial charge in [-0.05, 0) is 25.2 Å². The van der Waals surface area contributed by atoms with Crippen LogP contribution >= 0.6 is 0 Å². The first kappa shape index (κ1) is 15.9. The van der Waals surface area contributed by atoms with E-state index >= 15 is 0 Å². The van der Waals surface area contributed by atoms with Crippen molar-refractivity contribution in [3.8, 4) is 0 Å². The predicted octanol–water partition coefficient (Wildman–Crippen LogP) is 2.13. The van der Waals surface area contributed by atoms with E-state index in [4.69, 9.17) is 5.11 Å². The predicted molar refractivity (Wildman–Crippen MR) is 63.5 cm³/mol. The molecule has 1 saturated carbocycles. The van der Waals surface area contributed by atoms with Crippen molar-refractivity contribution < 1.29 is 19.1 Å². The molecule has 0 heterocycles. The fourth-order valence-corrected chi connectivity index (χ4v) is 0.891. The van der Waals surface area contributed by atoms with Crippen molar-refractivity contribution in [1.82, 2.24) is 5.32 Å². The number of hydrogen-bond acceptors (Lipinski definition) is 2. The number of carbonyl (C=O) groups is 2. The van der Waals surface area contributed by atoms with Crippen molar-refractivity contribution in [3.63, 3.8) is 0 Å². The zero-order chi connectivity index (χ0) is 13.7. The molecule has 0 radical (unpaired) electrons. The van der Waals surface area contributed by atoms with Gasteiger partial charge in [-0.15, -0.1) is 0 Å². The quantitative estimate of drug-likeness (QED) is 0.803. The van der Waals surface area contributed by atoms with E-state index < -0.39 is 11.6 Å². The lowest BCUT2D eigenvalue weighted by atomic mass is 9.92. The van der Waals surface area contributed by atoms with Crippen molar-refractivity contribution in [2.75, 3.05) is 6.54 Å². The van der Waals surface area contributed by atoms with Crippen LogP contribution in [0, 0.1) is 5.41 Å². The number of carbonyl (C=O) groups excluding carboxylic acids is 1. The van der Waals surface area contributed by atoms with Gasteiger partial charge in [-0.1, -0.05) is 20.8 Å². The van der Waals surface area contributed by atoms with E-state index in [9.17, 15) is 14.0 Å². The Balaban J connectivity index is 0.000000419. The van der Waals surface area contributed by atoms with Gasteiger partial charge < -0.3 is 10.4 Å². The second kappa shape index (κ2) is 5.98. The molecule has 0 bridgehead atoms. The Hall–Kier alpha value is -1.13. The molecular formula is C12H22FNO3. The van der Waals surface area contributed by atoms with E-state index in [-0.39, 0.29) is 17.9 Å². The summed E-state index contributed by atoms with van der Waals surface area (Å²) >= 11 is 0. The van der Waals surface area contributed by atoms with Gasteiger partial charge in [0.05, 0.1) is 0 Å². The molecule has 1 fully saturated rings. The highest BCUT2D eigenvalue weighted by Gasteiger charge is 2.36. The van der Waals surface area contributed by atoms with Gasteiger partial charge in [0.1, 0.15) is 12.2 Å². The molecule has 0 aromatic heterocycles. The van der Waals surface area contributed by atoms with Crippen molar-refractivity contribution in [1.29, 1.82) is 0 Å². The molecule has 1 rings (SSSR count). The second-order valence-corrected chi connectivity index (χ2v) is 5.82. The smallest absolute Gasteiger partial charge is 0.322 e. The van der Waals surface area contributed by atoms with Gasteiger partial charge in [-0.25, -0.2) is 4.39 Å². The highest BCUT2D eigenvalue weighted by molar-refractivity contribution is 5.81. The largest absolute Gasteiger partial charge is 0.480 e. The average molecular weight is 247 g/mol. The molecule has 0 aliphatic heterocycles. The van der Waals surface area contributed by atoms with Crippen LogP contribution in [0.1, 0.15) is 47.0 Å². The first-order chi connectivity index (χ1) is 7.52. The number of aliphatic carboxylic acids is 1. The summed E-state index contributed by atoms with van der Waals surface area (Å²) in [5.41, 5.74) is -0.845. The zero-order valence-electron chi connectivity index (χ0n) is 11.0. The average Bonchev–Trinajstić information content (AvgIpc) is 2.76. The van der Waals surface area contributed by atoms with Crippen LogP contribution in [0.15, 0.2) is 0 Å². The number of rotatable bonds is 3. The fourth-order valence-electron chi connectivity index (χ4n) is 0.891. The maximum absolute atomic E-state index is 11.8. The normalized spacial score (nSPS) is 16.5. The van der Waals surface area contributed by atoms with Gasteiger partial charge in [0.2, 0.25) is 5.91 Å². The van der Waals surface area contributed by atoms with Crippen LogP contribution < -0.4 is 5.32 Å². The van der Waals surface area contributed by atoms with Gasteiger partial charge in [0.25, 0.3) is 0 Å². The fraction of sp³-hybridized carbons (Fsp3) is 0.833. The minimum Gasteiger partial charge on any atom is -0.480 e. The lowest BCUT2D eigenvalue weighted by molar-refractivity contribution is -0.138. The Morgan fingerprint density at radius 2 is 1.76 bits per heavy atom. The van der Waals surface area contributed by atoms with E-state index in [2.05, 4.69) is 5.32 Å². The van der Waals surface area contributed by atoms with Crippen molar-refractivity contribution in [2.24, 2.45) is 5.41 Å². The molecular weight excluding hydrogens is 225 g/mol. The van der Waals surface area contributed by atoms with Crippen LogP contribution in [0.25, 0.3) is 0 Å². The van der Waals surface area contributed by atoms with Gasteiger partial charge in [0, 0.05) is 6.42 Å². The van der Waals surface area contributed by atoms with E-state index in [1.165, 1.54) is 0 Å². The lowest BCUT2D eigenvalue weighted by Gasteiger charge is -2.16. The number of halogens is 1. The molecule has 0 unspecified atom stereocenters. The summed E-state index contributed by atoms with van der Waals surface area (Å²) in [7, 11) is 0. The zero-order valence-corrected chi connectivity index (χ0v) is 11.0. The molecule has 100 valence electrons. The number of amides is 1. The van der Waals surface area contributed by atoms with Gasteiger partial charge >= 0.3 is 5.97 Å². The maximum Gasteiger partial charge on any atom is 0.322 e. The van der Waals surface area contributed by atoms with Gasteiger partial charge in [0.15, 0.2) is 0 Å². The molecule has 4 nitrogen and oxygen atoms in total. The third-order valence-electron chi connectivity index (χ3n) is 2.07. The van der Waals surface area contributed by atoms with Crippen LogP contribution in [0.5, 0.6) is 0 Å². The van der Waals surface area contributed by atoms with Crippen LogP contribution in [-0.4, -0.2) is 29.2 Å². The molecule has 0 aromatic carbocycles. The number of hydrogen-bond donors (Lipinski definition) is 2. The van der Waals surface area contributed by atoms with Crippen molar-refractivity contribution in [3.05, 3.63) is 0 Å². The molecule has 0 atom stereocenters. The number of carboxylic acid groups (broad SMARTS) is 1. The third kappa shape index (κ3) is 12.8. The van der Waals surface area contributed by atoms with E-state index in [0.717, 1.165) is 12.8 Å². The Labute approximate surface area is 102 Å². The van der Waals surface area contributed by atoms with Crippen LogP contribution in [0.4, 0.5) is 4.39 Å². The number of nitrogens with one attached hydrogen (secondary N) is 1. The molecule has 5 heteroatoms. The lowest BCUT2D eigenvalue weighted by Crippen LogP contribution is -2.31. The van der Waals surface area contributed by atoms with Gasteiger partial charge in [-0.2, -0.15) is 0 Å². The van der Waals surface area contributed by atoms with E-state index in [0.29, 0.717) is 6.42 Å². The van der Waals surface area contributed by atoms with Crippen LogP contribution in [0.2, 0.25) is 0 Å². The SMILES string of the molecule is CC(C)(C)CC(=O)NCC(=O)O.CC1(F)CC1. The van der Waals surface area contributed by atoms with Crippen LogP contribution in [-0.2, 0) is 9.59 Å². The molecule has 1 aliphatic rings. The van der Waals surface area contributed by atoms with E-state index in [1.807, 2.05) is 20.8 Å². The van der Waals surface area contributed by atoms with Crippen LogP contribution in [0.3, 0.4) is 0 Å². The van der Waals surface area contributed by atoms with Crippen molar-refractivity contribution >= 4 is 11.9 Å². The molecule has 2 N–H and O–H groups in total. The first-order valence-electron chi connectivity index (χ1n) is 5.69. The summed E-state index contributed by atoms with van der Waals surface area (Å²) < 4.78 is 11.8. The Kier molecular flexibility index (Phi) is 5.58. The Morgan fingerprint density at radius 3 is 2.00 bits per heavy atom. The number of alkyl halides is 1. The summed E-state index contributed by atoms with van der Waals surface area (Å²) in [5.74, 6) is -1.23. The summed E-state index contributed by atoms with van der Waals surface area (Å²) in [6, 6.07) is 0. The summed E-state index contributed by atoms with van der Waals surface area (Å²) in [5, 5.41) is 10.5. The highest BCUT2D eigenvalue weighted by Crippen LogP contribution is 2.38. The topological polar surface area (TPSA) is 66.4 Å². The number of carboxylic acids is 1. The first-order valence-corrected chi connectivity index (χ1v) is 5.69. The molecule has 0 saturated heterocycles. The Morgan fingerprint density at radius 1 is 1.35 bits per heavy atom. The summed E-state index contributed by atoms with van der Waals surface area (Å²) in [4.78, 5) is 21.0. The minimum absolute atomic E-state index is 0.0947. The second-order valence-electron chi connectivity index (χ2n) is 5.82. The monoisotopic (exact) mass is 247 g/mol. The summed E-state index contributed by atoms with van der Waals surface area (Å²) in [6.07, 6.45) is 1.92. The summed E-state index contributed by atoms with van der Waals surface area (Å²) in [6.45, 7) is 7.11. The van der Waals surface area contributed by atoms with Gasteiger partial charge in [-0.3, -0.25) is 9.59 Å². The molecule has 1 aliphatic carbocycles. The molecule has 17 heavy (non-hydrogen) atoms. The molecule has 1 amide bonds. The van der Waals surface area contributed by atoms with E-state index in [1.54, 1.807) is 6.92 Å². The highest BCUT2D eigenvalue weighted by atomic mass is 19.1. The molecule has 0 spiro atoms. The minimum atomic E-state index is -1.02. The van der Waals surface area contributed by atoms with Crippen molar-refractivity contribution in [2.45, 2.75) is 52.6 Å². The molecule has 0 aromatic rings. The third-order valence-corrected chi connectivity index (χ3v) is 2.07. The maximum atomic E-state index is 11.8. The standard InChI is InChI=1S/C8H15NO3.C4H7F/c1-8(2,3)4-6(10)9-5-7(11)12;1-4(5)2-3-4/h4-5H2,1-3H3,(H,9,10)(H,11,12);2-3H2,1H3.